The number of esters is 1. The van der Waals surface area contributed by atoms with Crippen molar-refractivity contribution in [3.8, 4) is 0 Å². The van der Waals surface area contributed by atoms with Gasteiger partial charge in [0.25, 0.3) is 0 Å². The standard InChI is InChI=1S/C19H27NO5/c1-13(17(22)24-5)11-15(21)16(19(2,3)4)20-18(23)25-12-14-9-7-6-8-10-14/h6-10,15-16,21H,1,11-12H2,2-5H3,(H,20,23)/t15-,16-/m1/s1. The zero-order valence-electron chi connectivity index (χ0n) is 15.2. The summed E-state index contributed by atoms with van der Waals surface area (Å²) >= 11 is 0. The molecule has 0 saturated carbocycles. The molecule has 25 heavy (non-hydrogen) atoms. The van der Waals surface area contributed by atoms with Gasteiger partial charge in [0, 0.05) is 12.0 Å². The third-order valence-electron chi connectivity index (χ3n) is 3.73. The summed E-state index contributed by atoms with van der Waals surface area (Å²) in [6.07, 6.45) is -1.64. The molecule has 0 saturated heterocycles. The minimum atomic E-state index is -1.00. The first-order valence-electron chi connectivity index (χ1n) is 8.06. The van der Waals surface area contributed by atoms with Crippen LogP contribution < -0.4 is 5.32 Å². The highest BCUT2D eigenvalue weighted by molar-refractivity contribution is 5.87. The number of aliphatic hydroxyl groups is 1. The van der Waals surface area contributed by atoms with Crippen LogP contribution in [0.15, 0.2) is 42.5 Å². The van der Waals surface area contributed by atoms with E-state index in [0.717, 1.165) is 5.56 Å². The van der Waals surface area contributed by atoms with E-state index in [9.17, 15) is 14.7 Å². The van der Waals surface area contributed by atoms with Gasteiger partial charge in [-0.3, -0.25) is 0 Å². The van der Waals surface area contributed by atoms with Crippen LogP contribution in [0.4, 0.5) is 4.79 Å². The first-order chi connectivity index (χ1) is 11.6. The SMILES string of the molecule is C=C(C[C@@H](O)[C@@H](NC(=O)OCc1ccccc1)C(C)(C)C)C(=O)OC. The number of carbonyl (C=O) groups excluding carboxylic acids is 2. The molecule has 138 valence electrons. The summed E-state index contributed by atoms with van der Waals surface area (Å²) in [5.74, 6) is -0.585. The lowest BCUT2D eigenvalue weighted by Crippen LogP contribution is -2.51. The lowest BCUT2D eigenvalue weighted by atomic mass is 9.81. The Hall–Kier alpha value is -2.34. The average Bonchev–Trinajstić information content (AvgIpc) is 2.56. The maximum absolute atomic E-state index is 12.1. The fraction of sp³-hybridized carbons (Fsp3) is 0.474. The van der Waals surface area contributed by atoms with E-state index in [2.05, 4.69) is 16.6 Å². The van der Waals surface area contributed by atoms with Crippen molar-refractivity contribution in [1.82, 2.24) is 5.32 Å². The van der Waals surface area contributed by atoms with Crippen LogP contribution in [-0.4, -0.2) is 36.4 Å². The number of alkyl carbamates (subject to hydrolysis) is 1. The van der Waals surface area contributed by atoms with E-state index in [1.54, 1.807) is 0 Å². The third-order valence-corrected chi connectivity index (χ3v) is 3.73. The molecule has 0 aromatic heterocycles. The molecule has 2 atom stereocenters. The molecule has 0 aliphatic rings. The lowest BCUT2D eigenvalue weighted by molar-refractivity contribution is -0.136. The van der Waals surface area contributed by atoms with Gasteiger partial charge in [-0.05, 0) is 11.0 Å². The van der Waals surface area contributed by atoms with Crippen molar-refractivity contribution >= 4 is 12.1 Å². The molecule has 6 heteroatoms. The van der Waals surface area contributed by atoms with Crippen LogP contribution in [-0.2, 0) is 20.9 Å². The number of methoxy groups -OCH3 is 1. The van der Waals surface area contributed by atoms with E-state index < -0.39 is 29.6 Å². The molecule has 0 heterocycles. The number of nitrogens with one attached hydrogen (secondary N) is 1. The summed E-state index contributed by atoms with van der Waals surface area (Å²) in [6.45, 7) is 9.36. The number of benzene rings is 1. The maximum Gasteiger partial charge on any atom is 0.407 e. The first kappa shape index (κ1) is 20.7. The van der Waals surface area contributed by atoms with Gasteiger partial charge < -0.3 is 19.9 Å². The number of hydrogen-bond donors (Lipinski definition) is 2. The van der Waals surface area contributed by atoms with Gasteiger partial charge >= 0.3 is 12.1 Å². The third kappa shape index (κ3) is 6.97. The Kier molecular flexibility index (Phi) is 7.64. The Morgan fingerprint density at radius 2 is 1.84 bits per heavy atom. The van der Waals surface area contributed by atoms with Gasteiger partial charge in [0.2, 0.25) is 0 Å². The lowest BCUT2D eigenvalue weighted by Gasteiger charge is -2.35. The Labute approximate surface area is 148 Å². The van der Waals surface area contributed by atoms with Crippen molar-refractivity contribution in [2.45, 2.75) is 45.9 Å². The molecule has 2 N–H and O–H groups in total. The number of amides is 1. The van der Waals surface area contributed by atoms with Crippen LogP contribution >= 0.6 is 0 Å². The van der Waals surface area contributed by atoms with Gasteiger partial charge in [-0.1, -0.05) is 57.7 Å². The van der Waals surface area contributed by atoms with Crippen LogP contribution in [0, 0.1) is 5.41 Å². The fourth-order valence-corrected chi connectivity index (χ4v) is 2.38. The molecular formula is C19H27NO5. The van der Waals surface area contributed by atoms with Crippen LogP contribution in [0.5, 0.6) is 0 Å². The van der Waals surface area contributed by atoms with E-state index in [0.29, 0.717) is 0 Å². The second-order valence-corrected chi connectivity index (χ2v) is 6.92. The maximum atomic E-state index is 12.1. The highest BCUT2D eigenvalue weighted by atomic mass is 16.5. The number of ether oxygens (including phenoxy) is 2. The molecule has 1 aromatic carbocycles. The van der Waals surface area contributed by atoms with Gasteiger partial charge in [0.15, 0.2) is 0 Å². The first-order valence-corrected chi connectivity index (χ1v) is 8.06. The largest absolute Gasteiger partial charge is 0.466 e. The Morgan fingerprint density at radius 1 is 1.24 bits per heavy atom. The van der Waals surface area contributed by atoms with Crippen LogP contribution in [0.1, 0.15) is 32.8 Å². The van der Waals surface area contributed by atoms with Crippen molar-refractivity contribution in [2.75, 3.05) is 7.11 Å². The Balaban J connectivity index is 2.67. The smallest absolute Gasteiger partial charge is 0.407 e. The second kappa shape index (κ2) is 9.22. The van der Waals surface area contributed by atoms with Crippen molar-refractivity contribution in [3.63, 3.8) is 0 Å². The molecule has 0 aliphatic heterocycles. The molecule has 1 amide bonds. The zero-order valence-corrected chi connectivity index (χ0v) is 15.2. The number of carbonyl (C=O) groups is 2. The van der Waals surface area contributed by atoms with Crippen molar-refractivity contribution < 1.29 is 24.2 Å². The minimum absolute atomic E-state index is 0.00637. The van der Waals surface area contributed by atoms with Gasteiger partial charge in [0.1, 0.15) is 6.61 Å². The number of hydrogen-bond acceptors (Lipinski definition) is 5. The van der Waals surface area contributed by atoms with Crippen LogP contribution in [0.3, 0.4) is 0 Å². The molecule has 1 aromatic rings. The highest BCUT2D eigenvalue weighted by Gasteiger charge is 2.34. The van der Waals surface area contributed by atoms with E-state index in [-0.39, 0.29) is 18.6 Å². The fourth-order valence-electron chi connectivity index (χ4n) is 2.38. The van der Waals surface area contributed by atoms with E-state index in [1.807, 2.05) is 51.1 Å². The molecule has 6 nitrogen and oxygen atoms in total. The molecule has 0 unspecified atom stereocenters. The highest BCUT2D eigenvalue weighted by Crippen LogP contribution is 2.25. The predicted molar refractivity (Wildman–Crippen MR) is 94.8 cm³/mol. The van der Waals surface area contributed by atoms with Crippen LogP contribution in [0.25, 0.3) is 0 Å². The van der Waals surface area contributed by atoms with Gasteiger partial charge in [0.05, 0.1) is 19.3 Å². The Morgan fingerprint density at radius 3 is 2.36 bits per heavy atom. The van der Waals surface area contributed by atoms with Gasteiger partial charge in [-0.25, -0.2) is 9.59 Å². The summed E-state index contributed by atoms with van der Waals surface area (Å²) in [6, 6.07) is 8.67. The molecule has 0 aliphatic carbocycles. The molecule has 0 radical (unpaired) electrons. The molecule has 0 spiro atoms. The quantitative estimate of drug-likeness (QED) is 0.584. The van der Waals surface area contributed by atoms with Gasteiger partial charge in [-0.15, -0.1) is 0 Å². The van der Waals surface area contributed by atoms with E-state index in [1.165, 1.54) is 7.11 Å². The van der Waals surface area contributed by atoms with Crippen molar-refractivity contribution in [1.29, 1.82) is 0 Å². The number of aliphatic hydroxyl groups excluding tert-OH is 1. The summed E-state index contributed by atoms with van der Waals surface area (Å²) in [7, 11) is 1.25. The summed E-state index contributed by atoms with van der Waals surface area (Å²) in [5.41, 5.74) is 0.551. The predicted octanol–water partition coefficient (Wildman–Crippen LogP) is 2.81. The zero-order chi connectivity index (χ0) is 19.0. The van der Waals surface area contributed by atoms with E-state index >= 15 is 0 Å². The Bertz CT molecular complexity index is 592. The second-order valence-electron chi connectivity index (χ2n) is 6.92. The normalized spacial score (nSPS) is 13.5. The molecule has 1 rings (SSSR count). The van der Waals surface area contributed by atoms with E-state index in [4.69, 9.17) is 4.74 Å². The number of rotatable bonds is 7. The van der Waals surface area contributed by atoms with Crippen LogP contribution in [0.2, 0.25) is 0 Å². The molecular weight excluding hydrogens is 322 g/mol. The van der Waals surface area contributed by atoms with Gasteiger partial charge in [-0.2, -0.15) is 0 Å². The van der Waals surface area contributed by atoms with Crippen molar-refractivity contribution in [3.05, 3.63) is 48.0 Å². The summed E-state index contributed by atoms with van der Waals surface area (Å²) in [5, 5.41) is 13.1. The summed E-state index contributed by atoms with van der Waals surface area (Å²) in [4.78, 5) is 23.6. The average molecular weight is 349 g/mol. The summed E-state index contributed by atoms with van der Waals surface area (Å²) < 4.78 is 9.79. The topological polar surface area (TPSA) is 84.9 Å². The monoisotopic (exact) mass is 349 g/mol. The van der Waals surface area contributed by atoms with Crippen molar-refractivity contribution in [2.24, 2.45) is 5.41 Å². The molecule has 0 fully saturated rings. The molecule has 0 bridgehead atoms. The minimum Gasteiger partial charge on any atom is -0.466 e.